The summed E-state index contributed by atoms with van der Waals surface area (Å²) in [5, 5.41) is 8.60. The summed E-state index contributed by atoms with van der Waals surface area (Å²) in [6.45, 7) is 0. The van der Waals surface area contributed by atoms with Crippen molar-refractivity contribution in [2.24, 2.45) is 0 Å². The summed E-state index contributed by atoms with van der Waals surface area (Å²) in [5.74, 6) is -0.743. The molecule has 0 radical (unpaired) electrons. The molecule has 1 aromatic carbocycles. The summed E-state index contributed by atoms with van der Waals surface area (Å²) >= 11 is 0. The van der Waals surface area contributed by atoms with Gasteiger partial charge in [-0.3, -0.25) is 0 Å². The highest BCUT2D eigenvalue weighted by molar-refractivity contribution is 5.85. The number of nitrogens with zero attached hydrogens (tertiary/aromatic N) is 1. The maximum atomic E-state index is 12.8. The highest BCUT2D eigenvalue weighted by Crippen LogP contribution is 2.23. The molecule has 0 bridgehead atoms. The molecular weight excluding hydrogens is 249 g/mol. The Morgan fingerprint density at radius 3 is 2.68 bits per heavy atom. The molecule has 1 heterocycles. The summed E-state index contributed by atoms with van der Waals surface area (Å²) in [4.78, 5) is 14.5. The average Bonchev–Trinajstić information content (AvgIpc) is 2.40. The lowest BCUT2D eigenvalue weighted by atomic mass is 10.2. The smallest absolute Gasteiger partial charge is 0.328 e. The fourth-order valence-electron chi connectivity index (χ4n) is 1.39. The van der Waals surface area contributed by atoms with Gasteiger partial charge < -0.3 is 9.84 Å². The van der Waals surface area contributed by atoms with E-state index in [1.165, 1.54) is 36.5 Å². The fourth-order valence-corrected chi connectivity index (χ4v) is 1.39. The standard InChI is InChI=1S/C14H10FNO3/c15-11-4-6-12(7-5-11)19-14-10(2-1-9-16-14)3-8-13(17)18/h1-9H,(H,17,18)/b8-3+. The number of halogens is 1. The Bertz CT molecular complexity index is 608. The van der Waals surface area contributed by atoms with E-state index in [9.17, 15) is 9.18 Å². The van der Waals surface area contributed by atoms with Crippen molar-refractivity contribution in [1.29, 1.82) is 0 Å². The Labute approximate surface area is 108 Å². The van der Waals surface area contributed by atoms with Crippen molar-refractivity contribution in [3.63, 3.8) is 0 Å². The van der Waals surface area contributed by atoms with Gasteiger partial charge in [0.05, 0.1) is 0 Å². The summed E-state index contributed by atoms with van der Waals surface area (Å²) in [6, 6.07) is 8.81. The second-order valence-corrected chi connectivity index (χ2v) is 3.63. The van der Waals surface area contributed by atoms with E-state index in [1.807, 2.05) is 0 Å². The van der Waals surface area contributed by atoms with Gasteiger partial charge in [0.2, 0.25) is 5.88 Å². The van der Waals surface area contributed by atoms with Crippen LogP contribution in [0.3, 0.4) is 0 Å². The van der Waals surface area contributed by atoms with Crippen LogP contribution in [0.15, 0.2) is 48.7 Å². The minimum Gasteiger partial charge on any atom is -0.478 e. The molecule has 0 saturated carbocycles. The van der Waals surface area contributed by atoms with Crippen LogP contribution >= 0.6 is 0 Å². The molecule has 0 amide bonds. The van der Waals surface area contributed by atoms with E-state index in [-0.39, 0.29) is 11.7 Å². The van der Waals surface area contributed by atoms with Crippen LogP contribution in [0.25, 0.3) is 6.08 Å². The van der Waals surface area contributed by atoms with E-state index in [4.69, 9.17) is 9.84 Å². The second-order valence-electron chi connectivity index (χ2n) is 3.63. The van der Waals surface area contributed by atoms with E-state index in [0.717, 1.165) is 6.08 Å². The van der Waals surface area contributed by atoms with E-state index in [0.29, 0.717) is 11.3 Å². The normalized spacial score (nSPS) is 10.6. The third-order valence-electron chi connectivity index (χ3n) is 2.23. The molecule has 96 valence electrons. The van der Waals surface area contributed by atoms with E-state index in [1.54, 1.807) is 12.1 Å². The number of rotatable bonds is 4. The third kappa shape index (κ3) is 3.64. The van der Waals surface area contributed by atoms with Crippen molar-refractivity contribution in [2.75, 3.05) is 0 Å². The maximum Gasteiger partial charge on any atom is 0.328 e. The van der Waals surface area contributed by atoms with E-state index < -0.39 is 5.97 Å². The minimum absolute atomic E-state index is 0.256. The molecule has 5 heteroatoms. The number of ether oxygens (including phenoxy) is 1. The molecular formula is C14H10FNO3. The van der Waals surface area contributed by atoms with Crippen molar-refractivity contribution in [1.82, 2.24) is 4.98 Å². The maximum absolute atomic E-state index is 12.8. The first-order valence-corrected chi connectivity index (χ1v) is 5.44. The number of carbonyl (C=O) groups is 1. The van der Waals surface area contributed by atoms with Crippen molar-refractivity contribution in [3.05, 3.63) is 60.1 Å². The molecule has 0 aliphatic carbocycles. The van der Waals surface area contributed by atoms with Gasteiger partial charge in [0, 0.05) is 17.8 Å². The topological polar surface area (TPSA) is 59.4 Å². The molecule has 1 aromatic heterocycles. The SMILES string of the molecule is O=C(O)/C=C/c1cccnc1Oc1ccc(F)cc1. The minimum atomic E-state index is -1.06. The molecule has 0 unspecified atom stereocenters. The van der Waals surface area contributed by atoms with Gasteiger partial charge in [-0.25, -0.2) is 14.2 Å². The highest BCUT2D eigenvalue weighted by Gasteiger charge is 2.04. The monoisotopic (exact) mass is 259 g/mol. The first-order chi connectivity index (χ1) is 9.15. The first-order valence-electron chi connectivity index (χ1n) is 5.44. The van der Waals surface area contributed by atoms with Crippen molar-refractivity contribution < 1.29 is 19.0 Å². The van der Waals surface area contributed by atoms with Gasteiger partial charge in [-0.05, 0) is 42.5 Å². The Morgan fingerprint density at radius 1 is 1.26 bits per heavy atom. The van der Waals surface area contributed by atoms with Gasteiger partial charge in [0.25, 0.3) is 0 Å². The molecule has 0 spiro atoms. The van der Waals surface area contributed by atoms with Gasteiger partial charge in [0.15, 0.2) is 0 Å². The van der Waals surface area contributed by atoms with Crippen LogP contribution in [0.5, 0.6) is 11.6 Å². The fraction of sp³-hybridized carbons (Fsp3) is 0. The van der Waals surface area contributed by atoms with Gasteiger partial charge in [-0.15, -0.1) is 0 Å². The van der Waals surface area contributed by atoms with Crippen LogP contribution in [0.1, 0.15) is 5.56 Å². The van der Waals surface area contributed by atoms with Gasteiger partial charge >= 0.3 is 5.97 Å². The summed E-state index contributed by atoms with van der Waals surface area (Å²) in [5.41, 5.74) is 0.522. The Balaban J connectivity index is 2.24. The Morgan fingerprint density at radius 2 is 2.00 bits per heavy atom. The highest BCUT2D eigenvalue weighted by atomic mass is 19.1. The molecule has 2 rings (SSSR count). The van der Waals surface area contributed by atoms with Crippen molar-refractivity contribution >= 4 is 12.0 Å². The lowest BCUT2D eigenvalue weighted by Crippen LogP contribution is -1.92. The zero-order valence-corrected chi connectivity index (χ0v) is 9.79. The number of hydrogen-bond donors (Lipinski definition) is 1. The average molecular weight is 259 g/mol. The zero-order valence-electron chi connectivity index (χ0n) is 9.79. The second kappa shape index (κ2) is 5.77. The zero-order chi connectivity index (χ0) is 13.7. The van der Waals surface area contributed by atoms with Gasteiger partial charge in [0.1, 0.15) is 11.6 Å². The van der Waals surface area contributed by atoms with Gasteiger partial charge in [-0.1, -0.05) is 0 Å². The largest absolute Gasteiger partial charge is 0.478 e. The molecule has 1 N–H and O–H groups in total. The van der Waals surface area contributed by atoms with Crippen LogP contribution in [0, 0.1) is 5.82 Å². The van der Waals surface area contributed by atoms with Crippen LogP contribution in [-0.4, -0.2) is 16.1 Å². The van der Waals surface area contributed by atoms with E-state index >= 15 is 0 Å². The van der Waals surface area contributed by atoms with Crippen molar-refractivity contribution in [3.8, 4) is 11.6 Å². The number of aromatic nitrogens is 1. The summed E-state index contributed by atoms with van der Waals surface area (Å²) in [6.07, 6.45) is 3.90. The van der Waals surface area contributed by atoms with Crippen molar-refractivity contribution in [2.45, 2.75) is 0 Å². The number of hydrogen-bond acceptors (Lipinski definition) is 3. The number of carboxylic acid groups (broad SMARTS) is 1. The number of pyridine rings is 1. The molecule has 0 aliphatic rings. The number of carboxylic acids is 1. The number of aliphatic carboxylic acids is 1. The quantitative estimate of drug-likeness (QED) is 0.857. The van der Waals surface area contributed by atoms with Gasteiger partial charge in [-0.2, -0.15) is 0 Å². The van der Waals surface area contributed by atoms with Crippen LogP contribution in [0.2, 0.25) is 0 Å². The summed E-state index contributed by atoms with van der Waals surface area (Å²) < 4.78 is 18.2. The Kier molecular flexibility index (Phi) is 3.87. The third-order valence-corrected chi connectivity index (χ3v) is 2.23. The first kappa shape index (κ1) is 12.8. The Hall–Kier alpha value is -2.69. The predicted octanol–water partition coefficient (Wildman–Crippen LogP) is 3.11. The molecule has 0 fully saturated rings. The van der Waals surface area contributed by atoms with Crippen LogP contribution < -0.4 is 4.74 Å². The van der Waals surface area contributed by atoms with Crippen LogP contribution in [0.4, 0.5) is 4.39 Å². The molecule has 0 aliphatic heterocycles. The molecule has 0 atom stereocenters. The molecule has 0 saturated heterocycles. The predicted molar refractivity (Wildman–Crippen MR) is 67.4 cm³/mol. The molecule has 4 nitrogen and oxygen atoms in total. The molecule has 19 heavy (non-hydrogen) atoms. The van der Waals surface area contributed by atoms with Crippen LogP contribution in [-0.2, 0) is 4.79 Å². The summed E-state index contributed by atoms with van der Waals surface area (Å²) in [7, 11) is 0. The molecule has 2 aromatic rings. The number of benzene rings is 1. The lowest BCUT2D eigenvalue weighted by Gasteiger charge is -2.06. The lowest BCUT2D eigenvalue weighted by molar-refractivity contribution is -0.131. The van der Waals surface area contributed by atoms with E-state index in [2.05, 4.69) is 4.98 Å².